The molecule has 0 bridgehead atoms. The van der Waals surface area contributed by atoms with Crippen molar-refractivity contribution in [1.82, 2.24) is 9.21 Å². The van der Waals surface area contributed by atoms with Crippen LogP contribution in [0.2, 0.25) is 5.02 Å². The number of aliphatic hydroxyl groups is 1. The number of nitro groups is 1. The fourth-order valence-electron chi connectivity index (χ4n) is 2.28. The van der Waals surface area contributed by atoms with Crippen LogP contribution < -0.4 is 0 Å². The first kappa shape index (κ1) is 17.1. The number of sulfonamides is 1. The van der Waals surface area contributed by atoms with Crippen molar-refractivity contribution < 1.29 is 18.4 Å². The van der Waals surface area contributed by atoms with E-state index in [1.54, 1.807) is 0 Å². The molecule has 0 aromatic heterocycles. The van der Waals surface area contributed by atoms with Crippen LogP contribution in [0.25, 0.3) is 0 Å². The van der Waals surface area contributed by atoms with Crippen LogP contribution in [0.3, 0.4) is 0 Å². The van der Waals surface area contributed by atoms with Gasteiger partial charge in [0.2, 0.25) is 10.0 Å². The maximum absolute atomic E-state index is 12.5. The molecular formula is C12H16ClN3O5S. The van der Waals surface area contributed by atoms with Gasteiger partial charge in [-0.15, -0.1) is 0 Å². The van der Waals surface area contributed by atoms with Crippen molar-refractivity contribution in [3.05, 3.63) is 33.3 Å². The van der Waals surface area contributed by atoms with Gasteiger partial charge in [0.25, 0.3) is 5.69 Å². The number of benzene rings is 1. The second-order valence-corrected chi connectivity index (χ2v) is 7.18. The molecule has 1 N–H and O–H groups in total. The summed E-state index contributed by atoms with van der Waals surface area (Å²) >= 11 is 5.70. The Morgan fingerprint density at radius 2 is 1.91 bits per heavy atom. The molecule has 122 valence electrons. The van der Waals surface area contributed by atoms with Crippen LogP contribution in [0, 0.1) is 10.1 Å². The van der Waals surface area contributed by atoms with Gasteiger partial charge in [-0.05, 0) is 12.1 Å². The highest BCUT2D eigenvalue weighted by atomic mass is 35.5. The van der Waals surface area contributed by atoms with Gasteiger partial charge in [-0.25, -0.2) is 8.42 Å². The molecule has 1 aliphatic rings. The molecule has 1 aromatic carbocycles. The Balaban J connectivity index is 2.21. The SMILES string of the molecule is O=[N+]([O-])c1cc(S(=O)(=O)N2CCN(CCO)CC2)ccc1Cl. The van der Waals surface area contributed by atoms with Crippen molar-refractivity contribution in [3.8, 4) is 0 Å². The molecule has 1 heterocycles. The van der Waals surface area contributed by atoms with Crippen molar-refractivity contribution in [3.63, 3.8) is 0 Å². The largest absolute Gasteiger partial charge is 0.395 e. The van der Waals surface area contributed by atoms with E-state index in [0.717, 1.165) is 6.07 Å². The molecule has 0 amide bonds. The van der Waals surface area contributed by atoms with Crippen LogP contribution in [0.15, 0.2) is 23.1 Å². The Morgan fingerprint density at radius 3 is 2.45 bits per heavy atom. The summed E-state index contributed by atoms with van der Waals surface area (Å²) in [5.41, 5.74) is -0.429. The van der Waals surface area contributed by atoms with Gasteiger partial charge in [0.05, 0.1) is 16.4 Å². The van der Waals surface area contributed by atoms with Gasteiger partial charge in [0.1, 0.15) is 5.02 Å². The quantitative estimate of drug-likeness (QED) is 0.615. The van der Waals surface area contributed by atoms with E-state index in [1.165, 1.54) is 16.4 Å². The van der Waals surface area contributed by atoms with Gasteiger partial charge in [-0.2, -0.15) is 4.31 Å². The first-order chi connectivity index (χ1) is 10.4. The molecule has 1 saturated heterocycles. The van der Waals surface area contributed by atoms with Crippen molar-refractivity contribution in [2.24, 2.45) is 0 Å². The first-order valence-corrected chi connectivity index (χ1v) is 8.45. The lowest BCUT2D eigenvalue weighted by atomic mass is 10.3. The Bertz CT molecular complexity index is 659. The van der Waals surface area contributed by atoms with Crippen LogP contribution in [0.1, 0.15) is 0 Å². The van der Waals surface area contributed by atoms with Gasteiger partial charge in [0.15, 0.2) is 0 Å². The lowest BCUT2D eigenvalue weighted by Crippen LogP contribution is -2.49. The topological polar surface area (TPSA) is 104 Å². The predicted molar refractivity (Wildman–Crippen MR) is 80.4 cm³/mol. The summed E-state index contributed by atoms with van der Waals surface area (Å²) in [4.78, 5) is 12.0. The minimum absolute atomic E-state index is 0.0239. The summed E-state index contributed by atoms with van der Waals surface area (Å²) < 4.78 is 26.3. The van der Waals surface area contributed by atoms with Gasteiger partial charge in [-0.1, -0.05) is 11.6 Å². The highest BCUT2D eigenvalue weighted by molar-refractivity contribution is 7.89. The van der Waals surface area contributed by atoms with Crippen LogP contribution in [-0.2, 0) is 10.0 Å². The number of β-amino-alcohol motifs (C(OH)–C–C–N with tert-alkyl or cyclic N) is 1. The number of halogens is 1. The minimum Gasteiger partial charge on any atom is -0.395 e. The zero-order chi connectivity index (χ0) is 16.3. The van der Waals surface area contributed by atoms with E-state index in [9.17, 15) is 18.5 Å². The van der Waals surface area contributed by atoms with Crippen molar-refractivity contribution in [1.29, 1.82) is 0 Å². The third kappa shape index (κ3) is 3.55. The standard InChI is InChI=1S/C12H16ClN3O5S/c13-11-2-1-10(9-12(11)16(18)19)22(20,21)15-5-3-14(4-6-15)7-8-17/h1-2,9,17H,3-8H2. The lowest BCUT2D eigenvalue weighted by molar-refractivity contribution is -0.384. The van der Waals surface area contributed by atoms with Crippen LogP contribution >= 0.6 is 11.6 Å². The summed E-state index contributed by atoms with van der Waals surface area (Å²) in [6.45, 7) is 2.10. The number of hydrogen-bond acceptors (Lipinski definition) is 6. The second kappa shape index (κ2) is 6.88. The van der Waals surface area contributed by atoms with Crippen LogP contribution in [0.5, 0.6) is 0 Å². The molecular weight excluding hydrogens is 334 g/mol. The third-order valence-corrected chi connectivity index (χ3v) is 5.71. The summed E-state index contributed by atoms with van der Waals surface area (Å²) in [6, 6.07) is 3.47. The average molecular weight is 350 g/mol. The predicted octanol–water partition coefficient (Wildman–Crippen LogP) is 0.547. The van der Waals surface area contributed by atoms with E-state index in [4.69, 9.17) is 16.7 Å². The number of nitro benzene ring substituents is 1. The fourth-order valence-corrected chi connectivity index (χ4v) is 3.91. The molecule has 1 aliphatic heterocycles. The van der Waals surface area contributed by atoms with E-state index in [-0.39, 0.29) is 29.6 Å². The number of piperazine rings is 1. The molecule has 0 spiro atoms. The van der Waals surface area contributed by atoms with Crippen LogP contribution in [-0.4, -0.2) is 67.0 Å². The van der Waals surface area contributed by atoms with Crippen molar-refractivity contribution in [2.45, 2.75) is 4.90 Å². The maximum atomic E-state index is 12.5. The zero-order valence-corrected chi connectivity index (χ0v) is 13.3. The third-order valence-electron chi connectivity index (χ3n) is 3.50. The second-order valence-electron chi connectivity index (χ2n) is 4.84. The van der Waals surface area contributed by atoms with Crippen molar-refractivity contribution >= 4 is 27.3 Å². The van der Waals surface area contributed by atoms with E-state index >= 15 is 0 Å². The Morgan fingerprint density at radius 1 is 1.27 bits per heavy atom. The Hall–Kier alpha value is -1.26. The van der Waals surface area contributed by atoms with Crippen LogP contribution in [0.4, 0.5) is 5.69 Å². The number of nitrogens with zero attached hydrogens (tertiary/aromatic N) is 3. The number of hydrogen-bond donors (Lipinski definition) is 1. The summed E-state index contributed by atoms with van der Waals surface area (Å²) in [5.74, 6) is 0. The van der Waals surface area contributed by atoms with Gasteiger partial charge >= 0.3 is 0 Å². The first-order valence-electron chi connectivity index (χ1n) is 6.63. The summed E-state index contributed by atoms with van der Waals surface area (Å²) in [7, 11) is -3.79. The van der Waals surface area contributed by atoms with E-state index in [0.29, 0.717) is 19.6 Å². The highest BCUT2D eigenvalue weighted by Crippen LogP contribution is 2.28. The monoisotopic (exact) mass is 349 g/mol. The molecule has 0 atom stereocenters. The molecule has 1 fully saturated rings. The summed E-state index contributed by atoms with van der Waals surface area (Å²) in [6.07, 6.45) is 0. The van der Waals surface area contributed by atoms with E-state index < -0.39 is 20.6 Å². The zero-order valence-electron chi connectivity index (χ0n) is 11.7. The summed E-state index contributed by atoms with van der Waals surface area (Å²) in [5, 5.41) is 19.7. The molecule has 0 aliphatic carbocycles. The molecule has 0 radical (unpaired) electrons. The number of rotatable bonds is 5. The number of aliphatic hydroxyl groups excluding tert-OH is 1. The van der Waals surface area contributed by atoms with Gasteiger partial charge in [0, 0.05) is 38.8 Å². The molecule has 0 unspecified atom stereocenters. The average Bonchev–Trinajstić information content (AvgIpc) is 2.48. The molecule has 10 heteroatoms. The van der Waals surface area contributed by atoms with E-state index in [2.05, 4.69) is 0 Å². The molecule has 0 saturated carbocycles. The van der Waals surface area contributed by atoms with Crippen molar-refractivity contribution in [2.75, 3.05) is 39.3 Å². The molecule has 2 rings (SSSR count). The molecule has 1 aromatic rings. The minimum atomic E-state index is -3.79. The van der Waals surface area contributed by atoms with Gasteiger partial charge < -0.3 is 5.11 Å². The highest BCUT2D eigenvalue weighted by Gasteiger charge is 2.30. The molecule has 8 nitrogen and oxygen atoms in total. The Kier molecular flexibility index (Phi) is 5.35. The van der Waals surface area contributed by atoms with Gasteiger partial charge in [-0.3, -0.25) is 15.0 Å². The van der Waals surface area contributed by atoms with E-state index in [1.807, 2.05) is 4.90 Å². The fraction of sp³-hybridized carbons (Fsp3) is 0.500. The Labute approximate surface area is 133 Å². The molecule has 22 heavy (non-hydrogen) atoms. The lowest BCUT2D eigenvalue weighted by Gasteiger charge is -2.33. The smallest absolute Gasteiger partial charge is 0.289 e. The maximum Gasteiger partial charge on any atom is 0.289 e. The normalized spacial score (nSPS) is 17.5.